The summed E-state index contributed by atoms with van der Waals surface area (Å²) in [4.78, 5) is 40.1. The van der Waals surface area contributed by atoms with E-state index in [9.17, 15) is 24.8 Å². The van der Waals surface area contributed by atoms with Crippen molar-refractivity contribution in [1.29, 1.82) is 0 Å². The van der Waals surface area contributed by atoms with Crippen molar-refractivity contribution in [2.75, 3.05) is 46.9 Å². The Morgan fingerprint density at radius 2 is 2.10 bits per heavy atom. The van der Waals surface area contributed by atoms with Gasteiger partial charge < -0.3 is 29.5 Å². The maximum Gasteiger partial charge on any atom is 0.294 e. The largest absolute Gasteiger partial charge is 0.490 e. The molecule has 2 rings (SSSR count). The van der Waals surface area contributed by atoms with Crippen LogP contribution < -0.4 is 15.6 Å². The molecule has 0 radical (unpaired) electrons. The quantitative estimate of drug-likeness (QED) is 0.179. The molecular formula is C20H29N4O7+. The number of rotatable bonds is 13. The first-order valence-electron chi connectivity index (χ1n) is 9.95. The number of aromatic amines is 1. The number of fused-ring (bicyclic) bond motifs is 1. The molecule has 11 nitrogen and oxygen atoms in total. The molecule has 11 heteroatoms. The lowest BCUT2D eigenvalue weighted by Gasteiger charge is -2.31. The topological polar surface area (TPSA) is 144 Å². The summed E-state index contributed by atoms with van der Waals surface area (Å²) in [5.74, 6) is 0.372. The lowest BCUT2D eigenvalue weighted by molar-refractivity contribution is -0.892. The van der Waals surface area contributed by atoms with E-state index in [1.165, 1.54) is 6.07 Å². The number of likely N-dealkylation sites (N-methyl/N-ethyl adjacent to an activating group) is 1. The highest BCUT2D eigenvalue weighted by Crippen LogP contribution is 2.23. The van der Waals surface area contributed by atoms with Crippen LogP contribution in [0.25, 0.3) is 10.9 Å². The Morgan fingerprint density at radius 3 is 2.84 bits per heavy atom. The van der Waals surface area contributed by atoms with Gasteiger partial charge in [-0.2, -0.15) is 0 Å². The van der Waals surface area contributed by atoms with Crippen LogP contribution >= 0.6 is 0 Å². The van der Waals surface area contributed by atoms with Gasteiger partial charge in [-0.25, -0.2) is 0 Å². The lowest BCUT2D eigenvalue weighted by Crippen LogP contribution is -2.50. The van der Waals surface area contributed by atoms with Crippen LogP contribution in [0.1, 0.15) is 12.8 Å². The average Bonchev–Trinajstić information content (AvgIpc) is 2.68. The van der Waals surface area contributed by atoms with Gasteiger partial charge in [0.05, 0.1) is 39.3 Å². The molecule has 1 amide bonds. The molecule has 0 aliphatic carbocycles. The Kier molecular flexibility index (Phi) is 8.76. The Hall–Kier alpha value is -3.18. The van der Waals surface area contributed by atoms with E-state index >= 15 is 0 Å². The zero-order valence-corrected chi connectivity index (χ0v) is 17.7. The minimum atomic E-state index is -0.881. The first-order valence-corrected chi connectivity index (χ1v) is 9.95. The van der Waals surface area contributed by atoms with E-state index in [1.54, 1.807) is 24.3 Å². The maximum atomic E-state index is 11.7. The smallest absolute Gasteiger partial charge is 0.294 e. The SMILES string of the molecule is C[N+](C)(CCNC(=O)CCCO[N+](=O)[O-])CC(O)COc1cccc2[nH]c(=O)ccc12. The normalized spacial score (nSPS) is 12.4. The molecule has 0 fully saturated rings. The fraction of sp³-hybridized carbons (Fsp3) is 0.500. The van der Waals surface area contributed by atoms with Gasteiger partial charge in [0.15, 0.2) is 0 Å². The molecule has 0 saturated carbocycles. The Balaban J connectivity index is 1.73. The summed E-state index contributed by atoms with van der Waals surface area (Å²) in [7, 11) is 3.87. The molecule has 1 unspecified atom stereocenters. The average molecular weight is 437 g/mol. The lowest BCUT2D eigenvalue weighted by atomic mass is 10.2. The number of quaternary nitrogens is 1. The maximum absolute atomic E-state index is 11.7. The van der Waals surface area contributed by atoms with Crippen LogP contribution in [0.2, 0.25) is 0 Å². The summed E-state index contributed by atoms with van der Waals surface area (Å²) >= 11 is 0. The monoisotopic (exact) mass is 437 g/mol. The first kappa shape index (κ1) is 24.1. The fourth-order valence-corrected chi connectivity index (χ4v) is 3.14. The molecule has 0 bridgehead atoms. The fourth-order valence-electron chi connectivity index (χ4n) is 3.14. The van der Waals surface area contributed by atoms with Crippen molar-refractivity contribution in [3.63, 3.8) is 0 Å². The van der Waals surface area contributed by atoms with Crippen molar-refractivity contribution in [2.24, 2.45) is 0 Å². The number of amides is 1. The van der Waals surface area contributed by atoms with Crippen LogP contribution in [0.15, 0.2) is 35.1 Å². The minimum absolute atomic E-state index is 0.0860. The van der Waals surface area contributed by atoms with Crippen molar-refractivity contribution in [2.45, 2.75) is 18.9 Å². The second-order valence-electron chi connectivity index (χ2n) is 7.86. The van der Waals surface area contributed by atoms with E-state index < -0.39 is 11.2 Å². The third-order valence-electron chi connectivity index (χ3n) is 4.65. The van der Waals surface area contributed by atoms with Gasteiger partial charge in [-0.1, -0.05) is 6.07 Å². The summed E-state index contributed by atoms with van der Waals surface area (Å²) in [6.07, 6.45) is -0.319. The van der Waals surface area contributed by atoms with Crippen molar-refractivity contribution in [3.05, 3.63) is 50.8 Å². The molecule has 0 aliphatic rings. The molecule has 0 aliphatic heterocycles. The van der Waals surface area contributed by atoms with Gasteiger partial charge in [0, 0.05) is 17.9 Å². The molecule has 1 heterocycles. The summed E-state index contributed by atoms with van der Waals surface area (Å²) in [6.45, 7) is 1.38. The second kappa shape index (κ2) is 11.3. The number of nitrogens with zero attached hydrogens (tertiary/aromatic N) is 2. The Labute approximate surface area is 179 Å². The molecule has 31 heavy (non-hydrogen) atoms. The molecule has 3 N–H and O–H groups in total. The minimum Gasteiger partial charge on any atom is -0.490 e. The Morgan fingerprint density at radius 1 is 1.32 bits per heavy atom. The molecule has 170 valence electrons. The molecular weight excluding hydrogens is 408 g/mol. The van der Waals surface area contributed by atoms with Gasteiger partial charge in [-0.3, -0.25) is 9.59 Å². The summed E-state index contributed by atoms with van der Waals surface area (Å²) < 4.78 is 6.23. The van der Waals surface area contributed by atoms with Crippen LogP contribution in [-0.4, -0.2) is 78.6 Å². The van der Waals surface area contributed by atoms with E-state index in [4.69, 9.17) is 4.74 Å². The van der Waals surface area contributed by atoms with Crippen LogP contribution in [0.4, 0.5) is 0 Å². The van der Waals surface area contributed by atoms with Crippen molar-refractivity contribution < 1.29 is 29.0 Å². The summed E-state index contributed by atoms with van der Waals surface area (Å²) in [6, 6.07) is 8.44. The number of hydrogen-bond donors (Lipinski definition) is 3. The van der Waals surface area contributed by atoms with Crippen molar-refractivity contribution in [3.8, 4) is 5.75 Å². The number of pyridine rings is 1. The number of hydrogen-bond acceptors (Lipinski definition) is 7. The third-order valence-corrected chi connectivity index (χ3v) is 4.65. The van der Waals surface area contributed by atoms with Crippen LogP contribution in [0.3, 0.4) is 0 Å². The van der Waals surface area contributed by atoms with Crippen LogP contribution in [0.5, 0.6) is 5.75 Å². The zero-order valence-electron chi connectivity index (χ0n) is 17.7. The number of carbonyl (C=O) groups is 1. The van der Waals surface area contributed by atoms with Gasteiger partial charge >= 0.3 is 0 Å². The van der Waals surface area contributed by atoms with Gasteiger partial charge in [-0.05, 0) is 24.6 Å². The number of H-pyrrole nitrogens is 1. The second-order valence-corrected chi connectivity index (χ2v) is 7.86. The van der Waals surface area contributed by atoms with Crippen LogP contribution in [-0.2, 0) is 9.63 Å². The van der Waals surface area contributed by atoms with Crippen molar-refractivity contribution >= 4 is 16.8 Å². The van der Waals surface area contributed by atoms with Gasteiger partial charge in [-0.15, -0.1) is 10.1 Å². The predicted molar refractivity (Wildman–Crippen MR) is 113 cm³/mol. The molecule has 1 aromatic heterocycles. The van der Waals surface area contributed by atoms with E-state index in [0.29, 0.717) is 35.4 Å². The molecule has 1 atom stereocenters. The van der Waals surface area contributed by atoms with Crippen LogP contribution in [0, 0.1) is 10.1 Å². The number of ether oxygens (including phenoxy) is 1. The molecule has 0 saturated heterocycles. The van der Waals surface area contributed by atoms with Gasteiger partial charge in [0.25, 0.3) is 5.09 Å². The number of nitrogens with one attached hydrogen (secondary N) is 2. The highest BCUT2D eigenvalue weighted by molar-refractivity contribution is 5.84. The molecule has 0 spiro atoms. The highest BCUT2D eigenvalue weighted by atomic mass is 16.9. The summed E-state index contributed by atoms with van der Waals surface area (Å²) in [5.41, 5.74) is 0.469. The number of benzene rings is 1. The highest BCUT2D eigenvalue weighted by Gasteiger charge is 2.21. The first-order chi connectivity index (χ1) is 14.7. The van der Waals surface area contributed by atoms with Gasteiger partial charge in [0.2, 0.25) is 11.5 Å². The zero-order chi connectivity index (χ0) is 22.9. The van der Waals surface area contributed by atoms with E-state index in [-0.39, 0.29) is 37.5 Å². The van der Waals surface area contributed by atoms with E-state index in [0.717, 1.165) is 5.39 Å². The standard InChI is InChI=1S/C20H28N4O7/c1-24(2,11-10-21-19(26)7-4-12-31-23(28)29)13-15(25)14-30-18-6-3-5-17-16(18)8-9-20(27)22-17/h3,5-6,8-9,15,25H,4,7,10-14H2,1-2H3,(H-,21,22,26,27)/p+1. The molecule has 1 aromatic carbocycles. The number of aliphatic hydroxyl groups is 1. The number of aromatic nitrogens is 1. The number of aliphatic hydroxyl groups excluding tert-OH is 1. The van der Waals surface area contributed by atoms with E-state index in [2.05, 4.69) is 15.1 Å². The third kappa shape index (κ3) is 8.60. The van der Waals surface area contributed by atoms with Crippen molar-refractivity contribution in [1.82, 2.24) is 10.3 Å². The predicted octanol–water partition coefficient (Wildman–Crippen LogP) is 0.449. The number of carbonyl (C=O) groups excluding carboxylic acids is 1. The molecule has 2 aromatic rings. The summed E-state index contributed by atoms with van der Waals surface area (Å²) in [5, 5.41) is 23.1. The van der Waals surface area contributed by atoms with E-state index in [1.807, 2.05) is 14.1 Å². The Bertz CT molecular complexity index is 945. The van der Waals surface area contributed by atoms with Gasteiger partial charge in [0.1, 0.15) is 25.0 Å².